The maximum Gasteiger partial charge on any atom is 0.131 e. The minimum atomic E-state index is 0.708. The van der Waals surface area contributed by atoms with E-state index < -0.39 is 0 Å². The molecule has 2 atom stereocenters. The van der Waals surface area contributed by atoms with Gasteiger partial charge in [-0.25, -0.2) is 4.98 Å². The van der Waals surface area contributed by atoms with Crippen LogP contribution >= 0.6 is 0 Å². The first kappa shape index (κ1) is 14.8. The normalized spacial score (nSPS) is 26.1. The molecule has 21 heavy (non-hydrogen) atoms. The Balaban J connectivity index is 1.74. The molecular weight excluding hydrogens is 260 g/mol. The molecule has 2 saturated heterocycles. The predicted octanol–water partition coefficient (Wildman–Crippen LogP) is 2.17. The zero-order valence-electron chi connectivity index (χ0n) is 13.6. The summed E-state index contributed by atoms with van der Waals surface area (Å²) in [7, 11) is 2.30. The van der Waals surface area contributed by atoms with Gasteiger partial charge in [-0.3, -0.25) is 4.90 Å². The highest BCUT2D eigenvalue weighted by molar-refractivity contribution is 5.48. The molecule has 3 rings (SSSR count). The van der Waals surface area contributed by atoms with E-state index in [0.717, 1.165) is 32.2 Å². The van der Waals surface area contributed by atoms with E-state index in [0.29, 0.717) is 6.04 Å². The van der Waals surface area contributed by atoms with Crippen molar-refractivity contribution in [1.29, 1.82) is 0 Å². The van der Waals surface area contributed by atoms with Crippen LogP contribution in [0.1, 0.15) is 37.3 Å². The number of rotatable bonds is 4. The van der Waals surface area contributed by atoms with Crippen molar-refractivity contribution in [3.63, 3.8) is 0 Å². The summed E-state index contributed by atoms with van der Waals surface area (Å²) in [5.41, 5.74) is 2.59. The standard InChI is InChI=1S/C17H28N4/c1-4-18-10-14-9-13(2)17(19-11-14)21-8-7-15-5-6-16(12-21)20(15)3/h9,11,15-16,18H,4-8,10,12H2,1-3H3. The molecule has 3 heterocycles. The van der Waals surface area contributed by atoms with Gasteiger partial charge in [-0.2, -0.15) is 0 Å². The molecule has 1 aromatic heterocycles. The van der Waals surface area contributed by atoms with Gasteiger partial charge in [0.05, 0.1) is 0 Å². The van der Waals surface area contributed by atoms with E-state index in [1.807, 2.05) is 6.20 Å². The summed E-state index contributed by atoms with van der Waals surface area (Å²) in [5, 5.41) is 3.37. The summed E-state index contributed by atoms with van der Waals surface area (Å²) in [6.45, 7) is 8.53. The van der Waals surface area contributed by atoms with E-state index in [1.165, 1.54) is 36.2 Å². The van der Waals surface area contributed by atoms with E-state index in [9.17, 15) is 0 Å². The number of fused-ring (bicyclic) bond motifs is 2. The molecule has 0 radical (unpaired) electrons. The second kappa shape index (κ2) is 6.32. The highest BCUT2D eigenvalue weighted by Crippen LogP contribution is 2.31. The first-order chi connectivity index (χ1) is 10.2. The van der Waals surface area contributed by atoms with Crippen molar-refractivity contribution in [2.75, 3.05) is 31.6 Å². The average molecular weight is 288 g/mol. The van der Waals surface area contributed by atoms with Gasteiger partial charge in [-0.1, -0.05) is 6.92 Å². The van der Waals surface area contributed by atoms with Gasteiger partial charge in [0.2, 0.25) is 0 Å². The number of nitrogens with zero attached hydrogens (tertiary/aromatic N) is 3. The van der Waals surface area contributed by atoms with Crippen molar-refractivity contribution in [1.82, 2.24) is 15.2 Å². The van der Waals surface area contributed by atoms with Gasteiger partial charge in [0.15, 0.2) is 0 Å². The van der Waals surface area contributed by atoms with Gasteiger partial charge >= 0.3 is 0 Å². The van der Waals surface area contributed by atoms with Crippen LogP contribution in [-0.2, 0) is 6.54 Å². The second-order valence-corrected chi connectivity index (χ2v) is 6.55. The Bertz CT molecular complexity index is 488. The fraction of sp³-hybridized carbons (Fsp3) is 0.706. The van der Waals surface area contributed by atoms with Crippen LogP contribution in [0.4, 0.5) is 5.82 Å². The zero-order chi connectivity index (χ0) is 14.8. The molecule has 0 aromatic carbocycles. The van der Waals surface area contributed by atoms with Gasteiger partial charge in [-0.05, 0) is 57.0 Å². The first-order valence-corrected chi connectivity index (χ1v) is 8.32. The van der Waals surface area contributed by atoms with Gasteiger partial charge in [0.25, 0.3) is 0 Å². The maximum atomic E-state index is 4.77. The summed E-state index contributed by atoms with van der Waals surface area (Å²) in [5.74, 6) is 1.19. The van der Waals surface area contributed by atoms with Crippen molar-refractivity contribution in [3.05, 3.63) is 23.4 Å². The van der Waals surface area contributed by atoms with Crippen LogP contribution in [0.5, 0.6) is 0 Å². The largest absolute Gasteiger partial charge is 0.355 e. The average Bonchev–Trinajstić information content (AvgIpc) is 2.71. The number of nitrogens with one attached hydrogen (secondary N) is 1. The summed E-state index contributed by atoms with van der Waals surface area (Å²) in [6.07, 6.45) is 6.03. The highest BCUT2D eigenvalue weighted by Gasteiger charge is 2.35. The molecule has 4 heteroatoms. The van der Waals surface area contributed by atoms with Crippen LogP contribution in [-0.4, -0.2) is 48.6 Å². The molecule has 2 aliphatic rings. The van der Waals surface area contributed by atoms with E-state index in [1.54, 1.807) is 0 Å². The number of aryl methyl sites for hydroxylation is 1. The number of hydrogen-bond donors (Lipinski definition) is 1. The fourth-order valence-corrected chi connectivity index (χ4v) is 3.82. The summed E-state index contributed by atoms with van der Waals surface area (Å²) < 4.78 is 0. The second-order valence-electron chi connectivity index (χ2n) is 6.55. The van der Waals surface area contributed by atoms with E-state index in [4.69, 9.17) is 4.98 Å². The van der Waals surface area contributed by atoms with Crippen LogP contribution in [0.2, 0.25) is 0 Å². The zero-order valence-corrected chi connectivity index (χ0v) is 13.6. The molecule has 2 fully saturated rings. The minimum Gasteiger partial charge on any atom is -0.355 e. The molecule has 116 valence electrons. The van der Waals surface area contributed by atoms with Crippen molar-refractivity contribution in [2.24, 2.45) is 0 Å². The van der Waals surface area contributed by atoms with Crippen LogP contribution in [0.3, 0.4) is 0 Å². The van der Waals surface area contributed by atoms with Crippen molar-refractivity contribution in [3.8, 4) is 0 Å². The Hall–Kier alpha value is -1.13. The molecular formula is C17H28N4. The topological polar surface area (TPSA) is 31.4 Å². The number of pyridine rings is 1. The monoisotopic (exact) mass is 288 g/mol. The Kier molecular flexibility index (Phi) is 4.45. The molecule has 4 nitrogen and oxygen atoms in total. The molecule has 2 aliphatic heterocycles. The Labute approximate surface area is 128 Å². The maximum absolute atomic E-state index is 4.77. The molecule has 0 saturated carbocycles. The highest BCUT2D eigenvalue weighted by atomic mass is 15.3. The Morgan fingerprint density at radius 2 is 2.10 bits per heavy atom. The lowest BCUT2D eigenvalue weighted by Gasteiger charge is -2.28. The van der Waals surface area contributed by atoms with Crippen LogP contribution < -0.4 is 10.2 Å². The summed E-state index contributed by atoms with van der Waals surface area (Å²) in [4.78, 5) is 9.87. The third-order valence-corrected chi connectivity index (χ3v) is 5.13. The number of aromatic nitrogens is 1. The van der Waals surface area contributed by atoms with E-state index >= 15 is 0 Å². The lowest BCUT2D eigenvalue weighted by Crippen LogP contribution is -2.37. The van der Waals surface area contributed by atoms with Crippen molar-refractivity contribution >= 4 is 5.82 Å². The number of hydrogen-bond acceptors (Lipinski definition) is 4. The molecule has 2 unspecified atom stereocenters. The lowest BCUT2D eigenvalue weighted by molar-refractivity contribution is 0.254. The Morgan fingerprint density at radius 3 is 2.86 bits per heavy atom. The number of likely N-dealkylation sites (N-methyl/N-ethyl adjacent to an activating group) is 1. The number of anilines is 1. The van der Waals surface area contributed by atoms with E-state index in [-0.39, 0.29) is 0 Å². The van der Waals surface area contributed by atoms with Crippen LogP contribution in [0, 0.1) is 6.92 Å². The fourth-order valence-electron chi connectivity index (χ4n) is 3.82. The molecule has 0 amide bonds. The summed E-state index contributed by atoms with van der Waals surface area (Å²) >= 11 is 0. The van der Waals surface area contributed by atoms with Gasteiger partial charge in [-0.15, -0.1) is 0 Å². The minimum absolute atomic E-state index is 0.708. The lowest BCUT2D eigenvalue weighted by atomic mass is 10.1. The van der Waals surface area contributed by atoms with Crippen LogP contribution in [0.15, 0.2) is 12.3 Å². The van der Waals surface area contributed by atoms with E-state index in [2.05, 4.69) is 42.1 Å². The summed E-state index contributed by atoms with van der Waals surface area (Å²) in [6, 6.07) is 3.78. The third-order valence-electron chi connectivity index (χ3n) is 5.13. The molecule has 1 aromatic rings. The first-order valence-electron chi connectivity index (χ1n) is 8.32. The molecule has 0 aliphatic carbocycles. The Morgan fingerprint density at radius 1 is 1.29 bits per heavy atom. The van der Waals surface area contributed by atoms with Gasteiger partial charge in [0.1, 0.15) is 5.82 Å². The molecule has 0 spiro atoms. The van der Waals surface area contributed by atoms with Gasteiger partial charge in [0, 0.05) is 37.9 Å². The molecule has 2 bridgehead atoms. The molecule has 1 N–H and O–H groups in total. The van der Waals surface area contributed by atoms with Crippen LogP contribution in [0.25, 0.3) is 0 Å². The van der Waals surface area contributed by atoms with Crippen molar-refractivity contribution < 1.29 is 0 Å². The third kappa shape index (κ3) is 3.06. The predicted molar refractivity (Wildman–Crippen MR) is 87.8 cm³/mol. The van der Waals surface area contributed by atoms with Gasteiger partial charge < -0.3 is 10.2 Å². The smallest absolute Gasteiger partial charge is 0.131 e. The van der Waals surface area contributed by atoms with Crippen molar-refractivity contribution in [2.45, 2.75) is 51.7 Å². The quantitative estimate of drug-likeness (QED) is 0.920. The SMILES string of the molecule is CCNCc1cnc(N2CCC3CCC(C2)N3C)c(C)c1.